The van der Waals surface area contributed by atoms with Crippen LogP contribution < -0.4 is 4.74 Å². The van der Waals surface area contributed by atoms with Gasteiger partial charge in [-0.1, -0.05) is 32.1 Å². The summed E-state index contributed by atoms with van der Waals surface area (Å²) < 4.78 is 40.4. The van der Waals surface area contributed by atoms with E-state index in [1.54, 1.807) is 12.1 Å². The molecule has 0 bridgehead atoms. The molecule has 0 fully saturated rings. The normalized spacial score (nSPS) is 11.2. The van der Waals surface area contributed by atoms with Gasteiger partial charge < -0.3 is 4.74 Å². The number of aryl methyl sites for hydroxylation is 1. The summed E-state index contributed by atoms with van der Waals surface area (Å²) in [5, 5.41) is 0. The molecule has 0 aliphatic carbocycles. The third-order valence-corrected chi connectivity index (χ3v) is 2.02. The van der Waals surface area contributed by atoms with Gasteiger partial charge in [-0.05, 0) is 29.7 Å². The average molecular weight is 229 g/mol. The maximum Gasteiger partial charge on any atom is 0.573 e. The SMILES string of the molecule is C=[C]c1ccc(CCC)c(OC(F)(F)F)c1. The van der Waals surface area contributed by atoms with Gasteiger partial charge in [-0.2, -0.15) is 0 Å². The summed E-state index contributed by atoms with van der Waals surface area (Å²) >= 11 is 0. The minimum Gasteiger partial charge on any atom is -0.405 e. The van der Waals surface area contributed by atoms with Crippen LogP contribution in [0.3, 0.4) is 0 Å². The first-order chi connectivity index (χ1) is 7.46. The van der Waals surface area contributed by atoms with Crippen LogP contribution >= 0.6 is 0 Å². The van der Waals surface area contributed by atoms with Gasteiger partial charge in [0.2, 0.25) is 0 Å². The maximum absolute atomic E-state index is 12.1. The molecule has 0 aromatic heterocycles. The van der Waals surface area contributed by atoms with Crippen LogP contribution in [-0.2, 0) is 6.42 Å². The van der Waals surface area contributed by atoms with Crippen LogP contribution in [0.15, 0.2) is 24.8 Å². The molecule has 0 saturated heterocycles. The van der Waals surface area contributed by atoms with Gasteiger partial charge in [0.15, 0.2) is 0 Å². The third-order valence-electron chi connectivity index (χ3n) is 2.02. The smallest absolute Gasteiger partial charge is 0.405 e. The molecule has 0 unspecified atom stereocenters. The van der Waals surface area contributed by atoms with Crippen molar-refractivity contribution in [2.75, 3.05) is 0 Å². The van der Waals surface area contributed by atoms with E-state index in [0.29, 0.717) is 17.5 Å². The zero-order chi connectivity index (χ0) is 12.2. The lowest BCUT2D eigenvalue weighted by Crippen LogP contribution is -2.18. The van der Waals surface area contributed by atoms with Gasteiger partial charge in [-0.3, -0.25) is 0 Å². The molecule has 0 N–H and O–H groups in total. The van der Waals surface area contributed by atoms with Crippen LogP contribution in [0.25, 0.3) is 0 Å². The highest BCUT2D eigenvalue weighted by atomic mass is 19.4. The first kappa shape index (κ1) is 12.6. The molecular weight excluding hydrogens is 217 g/mol. The van der Waals surface area contributed by atoms with Crippen LogP contribution in [0.1, 0.15) is 24.5 Å². The molecule has 0 heterocycles. The van der Waals surface area contributed by atoms with E-state index in [-0.39, 0.29) is 5.75 Å². The molecule has 0 spiro atoms. The van der Waals surface area contributed by atoms with E-state index >= 15 is 0 Å². The van der Waals surface area contributed by atoms with Crippen molar-refractivity contribution >= 4 is 0 Å². The van der Waals surface area contributed by atoms with E-state index in [1.807, 2.05) is 6.92 Å². The molecule has 0 saturated carbocycles. The van der Waals surface area contributed by atoms with Gasteiger partial charge in [0.1, 0.15) is 5.75 Å². The van der Waals surface area contributed by atoms with Gasteiger partial charge >= 0.3 is 6.36 Å². The minimum atomic E-state index is -4.66. The van der Waals surface area contributed by atoms with E-state index in [0.717, 1.165) is 6.42 Å². The molecule has 1 nitrogen and oxygen atoms in total. The third kappa shape index (κ3) is 3.61. The van der Waals surface area contributed by atoms with Crippen LogP contribution in [0.4, 0.5) is 13.2 Å². The van der Waals surface area contributed by atoms with Crippen molar-refractivity contribution in [1.29, 1.82) is 0 Å². The zero-order valence-electron chi connectivity index (χ0n) is 8.90. The summed E-state index contributed by atoms with van der Waals surface area (Å²) in [6, 6.07) is 4.57. The molecular formula is C12H12F3O. The molecule has 1 aromatic carbocycles. The molecule has 0 atom stereocenters. The van der Waals surface area contributed by atoms with E-state index in [2.05, 4.69) is 17.4 Å². The number of benzene rings is 1. The van der Waals surface area contributed by atoms with Gasteiger partial charge in [0.25, 0.3) is 0 Å². The Kier molecular flexibility index (Phi) is 3.99. The van der Waals surface area contributed by atoms with E-state index in [9.17, 15) is 13.2 Å². The molecule has 16 heavy (non-hydrogen) atoms. The van der Waals surface area contributed by atoms with Crippen molar-refractivity contribution in [3.8, 4) is 5.75 Å². The summed E-state index contributed by atoms with van der Waals surface area (Å²) in [6.07, 6.45) is -0.839. The van der Waals surface area contributed by atoms with Crippen molar-refractivity contribution in [2.24, 2.45) is 0 Å². The molecule has 0 aliphatic rings. The summed E-state index contributed by atoms with van der Waals surface area (Å²) in [7, 11) is 0. The molecule has 0 amide bonds. The topological polar surface area (TPSA) is 9.23 Å². The highest BCUT2D eigenvalue weighted by Crippen LogP contribution is 2.28. The van der Waals surface area contributed by atoms with Crippen molar-refractivity contribution in [2.45, 2.75) is 26.1 Å². The Morgan fingerprint density at radius 2 is 2.06 bits per heavy atom. The predicted octanol–water partition coefficient (Wildman–Crippen LogP) is 3.87. The Labute approximate surface area is 92.5 Å². The second-order valence-corrected chi connectivity index (χ2v) is 3.30. The minimum absolute atomic E-state index is 0.164. The Bertz CT molecular complexity index is 369. The number of ether oxygens (including phenoxy) is 1. The second-order valence-electron chi connectivity index (χ2n) is 3.30. The van der Waals surface area contributed by atoms with Gasteiger partial charge in [-0.25, -0.2) is 0 Å². The van der Waals surface area contributed by atoms with Crippen molar-refractivity contribution in [3.05, 3.63) is 42.0 Å². The lowest BCUT2D eigenvalue weighted by molar-refractivity contribution is -0.274. The Morgan fingerprint density at radius 1 is 1.38 bits per heavy atom. The predicted molar refractivity (Wildman–Crippen MR) is 55.1 cm³/mol. The number of alkyl halides is 3. The van der Waals surface area contributed by atoms with Crippen LogP contribution in [0.2, 0.25) is 0 Å². The van der Waals surface area contributed by atoms with E-state index in [1.165, 1.54) is 6.07 Å². The maximum atomic E-state index is 12.1. The monoisotopic (exact) mass is 229 g/mol. The Hall–Kier alpha value is -1.45. The molecule has 0 aliphatic heterocycles. The molecule has 1 aromatic rings. The fraction of sp³-hybridized carbons (Fsp3) is 0.333. The fourth-order valence-electron chi connectivity index (χ4n) is 1.36. The van der Waals surface area contributed by atoms with Crippen LogP contribution in [0.5, 0.6) is 5.75 Å². The highest BCUT2D eigenvalue weighted by molar-refractivity contribution is 5.39. The summed E-state index contributed by atoms with van der Waals surface area (Å²) in [5.74, 6) is -0.164. The number of hydrogen-bond acceptors (Lipinski definition) is 1. The first-order valence-corrected chi connectivity index (χ1v) is 4.88. The molecule has 87 valence electrons. The van der Waals surface area contributed by atoms with Crippen LogP contribution in [-0.4, -0.2) is 6.36 Å². The van der Waals surface area contributed by atoms with Crippen molar-refractivity contribution in [1.82, 2.24) is 0 Å². The van der Waals surface area contributed by atoms with Gasteiger partial charge in [0, 0.05) is 0 Å². The van der Waals surface area contributed by atoms with Gasteiger partial charge in [-0.15, -0.1) is 13.2 Å². The Morgan fingerprint density at radius 3 is 2.56 bits per heavy atom. The standard InChI is InChI=1S/C12H12F3O/c1-3-5-10-7-6-9(4-2)8-11(10)16-12(13,14)15/h6-8H,2-3,5H2,1H3. The quantitative estimate of drug-likeness (QED) is 0.761. The zero-order valence-corrected chi connectivity index (χ0v) is 8.90. The van der Waals surface area contributed by atoms with Crippen molar-refractivity contribution < 1.29 is 17.9 Å². The summed E-state index contributed by atoms with van der Waals surface area (Å²) in [5.41, 5.74) is 1.03. The molecule has 1 radical (unpaired) electrons. The number of halogens is 3. The van der Waals surface area contributed by atoms with Crippen molar-refractivity contribution in [3.63, 3.8) is 0 Å². The second kappa shape index (κ2) is 5.05. The summed E-state index contributed by atoms with van der Waals surface area (Å²) in [6.45, 7) is 5.28. The number of hydrogen-bond donors (Lipinski definition) is 0. The Balaban J connectivity index is 3.04. The lowest BCUT2D eigenvalue weighted by atomic mass is 10.1. The number of rotatable bonds is 4. The van der Waals surface area contributed by atoms with Gasteiger partial charge in [0.05, 0.1) is 0 Å². The largest absolute Gasteiger partial charge is 0.573 e. The summed E-state index contributed by atoms with van der Waals surface area (Å²) in [4.78, 5) is 0. The highest BCUT2D eigenvalue weighted by Gasteiger charge is 2.32. The van der Waals surface area contributed by atoms with E-state index in [4.69, 9.17) is 0 Å². The molecule has 1 rings (SSSR count). The first-order valence-electron chi connectivity index (χ1n) is 4.88. The average Bonchev–Trinajstić information content (AvgIpc) is 2.18. The lowest BCUT2D eigenvalue weighted by Gasteiger charge is -2.13. The fourth-order valence-corrected chi connectivity index (χ4v) is 1.36. The van der Waals surface area contributed by atoms with Crippen LogP contribution in [0, 0.1) is 6.08 Å². The molecule has 4 heteroatoms. The van der Waals surface area contributed by atoms with E-state index < -0.39 is 6.36 Å².